The number of aromatic amines is 1. The van der Waals surface area contributed by atoms with E-state index in [4.69, 9.17) is 9.84 Å². The summed E-state index contributed by atoms with van der Waals surface area (Å²) in [5, 5.41) is 49.8. The highest BCUT2D eigenvalue weighted by Crippen LogP contribution is 2.21. The zero-order chi connectivity index (χ0) is 22.9. The Morgan fingerprint density at radius 1 is 1.22 bits per heavy atom. The van der Waals surface area contributed by atoms with Crippen LogP contribution in [0.25, 0.3) is 10.8 Å². The highest BCUT2D eigenvalue weighted by molar-refractivity contribution is 7.99. The van der Waals surface area contributed by atoms with Gasteiger partial charge >= 0.3 is 0 Å². The minimum atomic E-state index is -1.63. The number of aliphatic hydroxyl groups is 4. The monoisotopic (exact) mass is 461 g/mol. The number of amides is 1. The molecule has 3 atom stereocenters. The van der Waals surface area contributed by atoms with Crippen molar-refractivity contribution in [2.75, 3.05) is 12.4 Å². The lowest BCUT2D eigenvalue weighted by Crippen LogP contribution is -2.40. The minimum Gasteiger partial charge on any atom is -0.486 e. The topological polar surface area (TPSA) is 173 Å². The van der Waals surface area contributed by atoms with Gasteiger partial charge in [-0.15, -0.1) is 5.10 Å². The molecular formula is C20H23N5O6S. The smallest absolute Gasteiger partial charge is 0.250 e. The van der Waals surface area contributed by atoms with Crippen LogP contribution in [0.5, 0.6) is 5.75 Å². The molecule has 0 aliphatic carbocycles. The number of aromatic nitrogens is 3. The van der Waals surface area contributed by atoms with Gasteiger partial charge in [0.2, 0.25) is 5.16 Å². The Morgan fingerprint density at radius 3 is 2.78 bits per heavy atom. The van der Waals surface area contributed by atoms with Crippen LogP contribution < -0.4 is 10.2 Å². The van der Waals surface area contributed by atoms with Gasteiger partial charge in [0.1, 0.15) is 30.7 Å². The van der Waals surface area contributed by atoms with Gasteiger partial charge in [0.05, 0.1) is 18.6 Å². The lowest BCUT2D eigenvalue weighted by Gasteiger charge is -2.17. The summed E-state index contributed by atoms with van der Waals surface area (Å²) in [7, 11) is 0. The molecule has 2 aromatic carbocycles. The third kappa shape index (κ3) is 6.73. The van der Waals surface area contributed by atoms with Crippen molar-refractivity contribution < 1.29 is 30.0 Å². The molecule has 0 aliphatic heterocycles. The fourth-order valence-electron chi connectivity index (χ4n) is 2.59. The number of aliphatic hydroxyl groups excluding tert-OH is 4. The number of nitrogens with zero attached hydrogens (tertiary/aromatic N) is 3. The van der Waals surface area contributed by atoms with Gasteiger partial charge in [0.15, 0.2) is 5.82 Å². The maximum absolute atomic E-state index is 11.8. The van der Waals surface area contributed by atoms with Crippen molar-refractivity contribution in [1.29, 1.82) is 0 Å². The molecule has 1 heterocycles. The van der Waals surface area contributed by atoms with E-state index < -0.39 is 30.8 Å². The Hall–Kier alpha value is -3.03. The number of hydrogen-bond acceptors (Lipinski definition) is 10. The average Bonchev–Trinajstić information content (AvgIpc) is 3.28. The maximum atomic E-state index is 11.8. The van der Waals surface area contributed by atoms with Gasteiger partial charge in [-0.3, -0.25) is 9.89 Å². The third-order valence-electron chi connectivity index (χ3n) is 4.29. The van der Waals surface area contributed by atoms with Crippen molar-refractivity contribution in [3.63, 3.8) is 0 Å². The molecule has 0 fully saturated rings. The molecule has 0 radical (unpaired) electrons. The number of carbonyl (C=O) groups excluding carboxylic acids is 1. The van der Waals surface area contributed by atoms with Crippen LogP contribution in [-0.2, 0) is 11.4 Å². The summed E-state index contributed by atoms with van der Waals surface area (Å²) in [6, 6.07) is 13.7. The fourth-order valence-corrected chi connectivity index (χ4v) is 3.20. The molecule has 1 aromatic heterocycles. The zero-order valence-electron chi connectivity index (χ0n) is 16.8. The Bertz CT molecular complexity index is 1060. The largest absolute Gasteiger partial charge is 0.486 e. The Balaban J connectivity index is 1.41. The summed E-state index contributed by atoms with van der Waals surface area (Å²) in [6.07, 6.45) is -3.85. The molecule has 0 spiro atoms. The number of hydrogen-bond donors (Lipinski definition) is 6. The minimum absolute atomic E-state index is 0.0436. The molecule has 170 valence electrons. The number of fused-ring (bicyclic) bond motifs is 1. The number of nitrogens with one attached hydrogen (secondary N) is 2. The van der Waals surface area contributed by atoms with Crippen LogP contribution in [-0.4, -0.2) is 78.4 Å². The number of ether oxygens (including phenoxy) is 1. The predicted octanol–water partition coefficient (Wildman–Crippen LogP) is -0.194. The van der Waals surface area contributed by atoms with Crippen LogP contribution in [0.4, 0.5) is 0 Å². The standard InChI is InChI=1S/C20H23N5O6S/c26-9-16(28)19(30)15(27)8-21-24-18(29)11-32-20-22-17(23-25-20)10-31-14-6-5-12-3-1-2-4-13(12)7-14/h1-8,15-16,19,26-28,30H,9-11H2,(H,24,29)(H,22,23,25)/b21-8-/t15-,16+,19-/m0/s1. The molecule has 0 saturated heterocycles. The molecule has 3 aromatic rings. The van der Waals surface area contributed by atoms with Gasteiger partial charge in [0.25, 0.3) is 5.91 Å². The van der Waals surface area contributed by atoms with Crippen LogP contribution in [0.2, 0.25) is 0 Å². The van der Waals surface area contributed by atoms with Crippen molar-refractivity contribution in [2.45, 2.75) is 30.1 Å². The van der Waals surface area contributed by atoms with E-state index in [2.05, 4.69) is 25.7 Å². The average molecular weight is 462 g/mol. The van der Waals surface area contributed by atoms with Gasteiger partial charge < -0.3 is 25.2 Å². The highest BCUT2D eigenvalue weighted by atomic mass is 32.2. The molecule has 3 rings (SSSR count). The maximum Gasteiger partial charge on any atom is 0.250 e. The van der Waals surface area contributed by atoms with E-state index in [0.29, 0.717) is 16.7 Å². The van der Waals surface area contributed by atoms with Gasteiger partial charge in [-0.25, -0.2) is 10.4 Å². The SMILES string of the molecule is O=C(CSc1n[nH]c(COc2ccc3ccccc3c2)n1)N/N=C\[C@H](O)[C@H](O)[C@H](O)CO. The Morgan fingerprint density at radius 2 is 2.00 bits per heavy atom. The van der Waals surface area contributed by atoms with Crippen molar-refractivity contribution >= 4 is 34.7 Å². The molecule has 0 saturated carbocycles. The number of rotatable bonds is 11. The van der Waals surface area contributed by atoms with Crippen LogP contribution in [0.1, 0.15) is 5.82 Å². The van der Waals surface area contributed by atoms with Crippen LogP contribution in [0.15, 0.2) is 52.7 Å². The van der Waals surface area contributed by atoms with Crippen molar-refractivity contribution in [3.8, 4) is 5.75 Å². The van der Waals surface area contributed by atoms with E-state index in [-0.39, 0.29) is 12.4 Å². The van der Waals surface area contributed by atoms with Gasteiger partial charge in [-0.2, -0.15) is 5.10 Å². The van der Waals surface area contributed by atoms with E-state index >= 15 is 0 Å². The van der Waals surface area contributed by atoms with E-state index in [0.717, 1.165) is 28.7 Å². The van der Waals surface area contributed by atoms with Gasteiger partial charge in [-0.1, -0.05) is 42.1 Å². The number of H-pyrrole nitrogens is 1. The molecule has 11 nitrogen and oxygen atoms in total. The molecular weight excluding hydrogens is 438 g/mol. The lowest BCUT2D eigenvalue weighted by atomic mass is 10.1. The summed E-state index contributed by atoms with van der Waals surface area (Å²) >= 11 is 1.07. The van der Waals surface area contributed by atoms with Gasteiger partial charge in [-0.05, 0) is 22.9 Å². The number of hydrazone groups is 1. The zero-order valence-corrected chi connectivity index (χ0v) is 17.6. The van der Waals surface area contributed by atoms with E-state index in [1.54, 1.807) is 0 Å². The number of thioether (sulfide) groups is 1. The first kappa shape index (κ1) is 23.6. The number of carbonyl (C=O) groups is 1. The van der Waals surface area contributed by atoms with Crippen molar-refractivity contribution in [2.24, 2.45) is 5.10 Å². The van der Waals surface area contributed by atoms with E-state index in [1.807, 2.05) is 42.5 Å². The summed E-state index contributed by atoms with van der Waals surface area (Å²) in [5.74, 6) is 0.663. The second-order valence-electron chi connectivity index (χ2n) is 6.70. The number of benzene rings is 2. The Kier molecular flexibility index (Phi) is 8.53. The van der Waals surface area contributed by atoms with Crippen molar-refractivity contribution in [1.82, 2.24) is 20.6 Å². The van der Waals surface area contributed by atoms with Crippen LogP contribution >= 0.6 is 11.8 Å². The molecule has 0 bridgehead atoms. The normalized spacial score (nSPS) is 14.4. The highest BCUT2D eigenvalue weighted by Gasteiger charge is 2.22. The van der Waals surface area contributed by atoms with Crippen LogP contribution in [0, 0.1) is 0 Å². The molecule has 0 unspecified atom stereocenters. The first-order chi connectivity index (χ1) is 15.5. The fraction of sp³-hybridized carbons (Fsp3) is 0.300. The Labute approximate surface area is 187 Å². The molecule has 12 heteroatoms. The summed E-state index contributed by atoms with van der Waals surface area (Å²) in [5.41, 5.74) is 2.17. The summed E-state index contributed by atoms with van der Waals surface area (Å²) < 4.78 is 5.74. The molecule has 1 amide bonds. The molecule has 32 heavy (non-hydrogen) atoms. The lowest BCUT2D eigenvalue weighted by molar-refractivity contribution is -0.118. The summed E-state index contributed by atoms with van der Waals surface area (Å²) in [6.45, 7) is -0.538. The molecule has 6 N–H and O–H groups in total. The first-order valence-corrected chi connectivity index (χ1v) is 10.6. The van der Waals surface area contributed by atoms with Gasteiger partial charge in [0, 0.05) is 0 Å². The van der Waals surface area contributed by atoms with E-state index in [9.17, 15) is 20.1 Å². The second-order valence-corrected chi connectivity index (χ2v) is 7.64. The molecule has 0 aliphatic rings. The van der Waals surface area contributed by atoms with Crippen molar-refractivity contribution in [3.05, 3.63) is 48.3 Å². The quantitative estimate of drug-likeness (QED) is 0.128. The third-order valence-corrected chi connectivity index (χ3v) is 5.14. The predicted molar refractivity (Wildman–Crippen MR) is 117 cm³/mol. The summed E-state index contributed by atoms with van der Waals surface area (Å²) in [4.78, 5) is 16.1. The van der Waals surface area contributed by atoms with E-state index in [1.165, 1.54) is 0 Å². The van der Waals surface area contributed by atoms with Crippen LogP contribution in [0.3, 0.4) is 0 Å². The first-order valence-electron chi connectivity index (χ1n) is 9.59. The second kappa shape index (κ2) is 11.5.